The lowest BCUT2D eigenvalue weighted by molar-refractivity contribution is 0.102. The SMILES string of the molecule is NC(=S)c1cn[nH]c1NC(=O)c1ccnnc1. The minimum atomic E-state index is -0.346. The zero-order chi connectivity index (χ0) is 12.3. The van der Waals surface area contributed by atoms with E-state index in [1.165, 1.54) is 18.6 Å². The highest BCUT2D eigenvalue weighted by Gasteiger charge is 2.12. The quantitative estimate of drug-likeness (QED) is 0.664. The van der Waals surface area contributed by atoms with Crippen LogP contribution in [-0.4, -0.2) is 31.3 Å². The van der Waals surface area contributed by atoms with Gasteiger partial charge in [0.1, 0.15) is 10.8 Å². The fraction of sp³-hybridized carbons (Fsp3) is 0. The first-order valence-corrected chi connectivity index (χ1v) is 5.00. The molecule has 0 aromatic carbocycles. The van der Waals surface area contributed by atoms with E-state index in [4.69, 9.17) is 18.0 Å². The molecule has 8 heteroatoms. The molecule has 7 nitrogen and oxygen atoms in total. The van der Waals surface area contributed by atoms with Crippen LogP contribution in [-0.2, 0) is 0 Å². The van der Waals surface area contributed by atoms with E-state index in [0.717, 1.165) is 0 Å². The van der Waals surface area contributed by atoms with Crippen LogP contribution in [0.2, 0.25) is 0 Å². The van der Waals surface area contributed by atoms with E-state index in [2.05, 4.69) is 25.7 Å². The van der Waals surface area contributed by atoms with Crippen LogP contribution in [0.3, 0.4) is 0 Å². The van der Waals surface area contributed by atoms with Gasteiger partial charge >= 0.3 is 0 Å². The molecule has 4 N–H and O–H groups in total. The van der Waals surface area contributed by atoms with Crippen molar-refractivity contribution in [2.45, 2.75) is 0 Å². The number of nitrogens with two attached hydrogens (primary N) is 1. The number of H-pyrrole nitrogens is 1. The van der Waals surface area contributed by atoms with Crippen LogP contribution in [0.15, 0.2) is 24.7 Å². The van der Waals surface area contributed by atoms with Gasteiger partial charge in [0.05, 0.1) is 29.7 Å². The van der Waals surface area contributed by atoms with Gasteiger partial charge in [-0.25, -0.2) is 0 Å². The number of nitrogens with zero attached hydrogens (tertiary/aromatic N) is 3. The Morgan fingerprint density at radius 1 is 1.41 bits per heavy atom. The number of thiocarbonyl (C=S) groups is 1. The molecule has 0 aliphatic rings. The van der Waals surface area contributed by atoms with Crippen LogP contribution in [0.1, 0.15) is 15.9 Å². The summed E-state index contributed by atoms with van der Waals surface area (Å²) in [4.78, 5) is 11.9. The minimum Gasteiger partial charge on any atom is -0.389 e. The number of rotatable bonds is 3. The fourth-order valence-electron chi connectivity index (χ4n) is 1.18. The van der Waals surface area contributed by atoms with Crippen molar-refractivity contribution in [1.82, 2.24) is 20.4 Å². The third-order valence-corrected chi connectivity index (χ3v) is 2.21. The number of aromatic amines is 1. The van der Waals surface area contributed by atoms with Gasteiger partial charge in [-0.1, -0.05) is 12.2 Å². The molecule has 0 bridgehead atoms. The summed E-state index contributed by atoms with van der Waals surface area (Å²) >= 11 is 4.82. The first-order valence-electron chi connectivity index (χ1n) is 4.59. The highest BCUT2D eigenvalue weighted by atomic mass is 32.1. The molecule has 2 rings (SSSR count). The average Bonchev–Trinajstić information content (AvgIpc) is 2.78. The van der Waals surface area contributed by atoms with Crippen LogP contribution in [0.25, 0.3) is 0 Å². The van der Waals surface area contributed by atoms with Crippen LogP contribution in [0.5, 0.6) is 0 Å². The van der Waals surface area contributed by atoms with Crippen molar-refractivity contribution in [3.63, 3.8) is 0 Å². The summed E-state index contributed by atoms with van der Waals surface area (Å²) in [6.45, 7) is 0. The van der Waals surface area contributed by atoms with Gasteiger partial charge in [-0.15, -0.1) is 0 Å². The Morgan fingerprint density at radius 3 is 2.88 bits per heavy atom. The monoisotopic (exact) mass is 248 g/mol. The lowest BCUT2D eigenvalue weighted by atomic mass is 10.2. The van der Waals surface area contributed by atoms with E-state index in [1.54, 1.807) is 6.07 Å². The molecule has 2 aromatic rings. The van der Waals surface area contributed by atoms with E-state index in [1.807, 2.05) is 0 Å². The van der Waals surface area contributed by atoms with E-state index in [-0.39, 0.29) is 10.9 Å². The largest absolute Gasteiger partial charge is 0.389 e. The molecule has 2 aromatic heterocycles. The fourth-order valence-corrected chi connectivity index (χ4v) is 1.33. The molecule has 1 amide bonds. The van der Waals surface area contributed by atoms with Gasteiger partial charge in [0.15, 0.2) is 0 Å². The molecule has 17 heavy (non-hydrogen) atoms. The lowest BCUT2D eigenvalue weighted by Crippen LogP contribution is -2.17. The maximum Gasteiger partial charge on any atom is 0.258 e. The molecule has 0 aliphatic heterocycles. The number of hydrogen-bond acceptors (Lipinski definition) is 5. The van der Waals surface area contributed by atoms with Crippen LogP contribution < -0.4 is 11.1 Å². The molecule has 0 saturated carbocycles. The number of nitrogens with one attached hydrogen (secondary N) is 2. The van der Waals surface area contributed by atoms with Crippen molar-refractivity contribution in [1.29, 1.82) is 0 Å². The Labute approximate surface area is 101 Å². The second-order valence-electron chi connectivity index (χ2n) is 3.11. The van der Waals surface area contributed by atoms with Crippen molar-refractivity contribution in [2.24, 2.45) is 5.73 Å². The Morgan fingerprint density at radius 2 is 2.24 bits per heavy atom. The highest BCUT2D eigenvalue weighted by Crippen LogP contribution is 2.11. The predicted octanol–water partition coefficient (Wildman–Crippen LogP) is 0.0862. The van der Waals surface area contributed by atoms with Crippen LogP contribution >= 0.6 is 12.2 Å². The van der Waals surface area contributed by atoms with Gasteiger partial charge in [-0.05, 0) is 6.07 Å². The molecule has 0 saturated heterocycles. The standard InChI is InChI=1S/C9H8N6OS/c10-7(17)6-4-13-15-8(6)14-9(16)5-1-2-11-12-3-5/h1-4H,(H2,10,17)(H2,13,14,15,16). The zero-order valence-corrected chi connectivity index (χ0v) is 9.36. The molecule has 0 spiro atoms. The van der Waals surface area contributed by atoms with Crippen LogP contribution in [0, 0.1) is 0 Å². The summed E-state index contributed by atoms with van der Waals surface area (Å²) < 4.78 is 0. The normalized spacial score (nSPS) is 9.88. The lowest BCUT2D eigenvalue weighted by Gasteiger charge is -2.03. The maximum absolute atomic E-state index is 11.8. The summed E-state index contributed by atoms with van der Waals surface area (Å²) in [5, 5.41) is 16.1. The highest BCUT2D eigenvalue weighted by molar-refractivity contribution is 7.80. The third kappa shape index (κ3) is 2.42. The maximum atomic E-state index is 11.8. The number of aromatic nitrogens is 4. The number of carbonyl (C=O) groups excluding carboxylic acids is 1. The predicted molar refractivity (Wildman–Crippen MR) is 64.5 cm³/mol. The molecular weight excluding hydrogens is 240 g/mol. The molecule has 0 fully saturated rings. The summed E-state index contributed by atoms with van der Waals surface area (Å²) in [6.07, 6.45) is 4.23. The van der Waals surface area contributed by atoms with Gasteiger partial charge < -0.3 is 11.1 Å². The van der Waals surface area contributed by atoms with E-state index in [0.29, 0.717) is 16.9 Å². The van der Waals surface area contributed by atoms with E-state index in [9.17, 15) is 4.79 Å². The van der Waals surface area contributed by atoms with Gasteiger partial charge in [0.25, 0.3) is 5.91 Å². The van der Waals surface area contributed by atoms with Crippen LogP contribution in [0.4, 0.5) is 5.82 Å². The summed E-state index contributed by atoms with van der Waals surface area (Å²) in [6, 6.07) is 1.54. The van der Waals surface area contributed by atoms with E-state index < -0.39 is 0 Å². The van der Waals surface area contributed by atoms with Crippen molar-refractivity contribution in [3.05, 3.63) is 35.8 Å². The smallest absolute Gasteiger partial charge is 0.258 e. The summed E-state index contributed by atoms with van der Waals surface area (Å²) in [5.41, 5.74) is 6.33. The van der Waals surface area contributed by atoms with Gasteiger partial charge in [0.2, 0.25) is 0 Å². The van der Waals surface area contributed by atoms with Crippen molar-refractivity contribution >= 4 is 28.9 Å². The molecule has 0 unspecified atom stereocenters. The molecule has 0 radical (unpaired) electrons. The van der Waals surface area contributed by atoms with Gasteiger partial charge in [-0.2, -0.15) is 15.3 Å². The Balaban J connectivity index is 2.19. The third-order valence-electron chi connectivity index (χ3n) is 1.99. The Kier molecular flexibility index (Phi) is 3.06. The minimum absolute atomic E-state index is 0.155. The molecule has 86 valence electrons. The average molecular weight is 248 g/mol. The molecule has 2 heterocycles. The number of hydrogen-bond donors (Lipinski definition) is 3. The first-order chi connectivity index (χ1) is 8.18. The Bertz CT molecular complexity index is 552. The van der Waals surface area contributed by atoms with Crippen molar-refractivity contribution in [3.8, 4) is 0 Å². The second-order valence-corrected chi connectivity index (χ2v) is 3.55. The number of anilines is 1. The van der Waals surface area contributed by atoms with Gasteiger partial charge in [-0.3, -0.25) is 9.89 Å². The summed E-state index contributed by atoms with van der Waals surface area (Å²) in [7, 11) is 0. The summed E-state index contributed by atoms with van der Waals surface area (Å²) in [5.74, 6) is 0.0148. The number of amides is 1. The number of carbonyl (C=O) groups is 1. The first kappa shape index (κ1) is 11.1. The molecular formula is C9H8N6OS. The Hall–Kier alpha value is -2.35. The molecule has 0 atom stereocenters. The topological polar surface area (TPSA) is 110 Å². The second kappa shape index (κ2) is 4.66. The van der Waals surface area contributed by atoms with Crippen molar-refractivity contribution < 1.29 is 4.79 Å². The van der Waals surface area contributed by atoms with E-state index >= 15 is 0 Å². The zero-order valence-electron chi connectivity index (χ0n) is 8.54. The molecule has 0 aliphatic carbocycles. The van der Waals surface area contributed by atoms with Gasteiger partial charge in [0, 0.05) is 0 Å². The van der Waals surface area contributed by atoms with Crippen molar-refractivity contribution in [2.75, 3.05) is 5.32 Å².